The minimum Gasteiger partial charge on any atom is -0.508 e. The van der Waals surface area contributed by atoms with E-state index in [0.717, 1.165) is 11.6 Å². The summed E-state index contributed by atoms with van der Waals surface area (Å²) in [6.45, 7) is 0. The van der Waals surface area contributed by atoms with E-state index in [2.05, 4.69) is 0 Å². The molecule has 0 atom stereocenters. The van der Waals surface area contributed by atoms with Crippen molar-refractivity contribution in [1.29, 1.82) is 0 Å². The molecule has 0 spiro atoms. The van der Waals surface area contributed by atoms with Gasteiger partial charge in [-0.3, -0.25) is 0 Å². The van der Waals surface area contributed by atoms with Crippen LogP contribution in [0.15, 0.2) is 42.5 Å². The Morgan fingerprint density at radius 2 is 1.88 bits per heavy atom. The summed E-state index contributed by atoms with van der Waals surface area (Å²) in [5.74, 6) is 0.0781. The zero-order chi connectivity index (χ0) is 11.5. The van der Waals surface area contributed by atoms with Gasteiger partial charge in [-0.15, -0.1) is 0 Å². The lowest BCUT2D eigenvalue weighted by molar-refractivity contribution is 0.416. The molecular formula is C13H11FO2. The molecule has 1 N–H and O–H groups in total. The fourth-order valence-electron chi connectivity index (χ4n) is 1.61. The molecule has 2 aromatic rings. The summed E-state index contributed by atoms with van der Waals surface area (Å²) >= 11 is 0. The molecule has 0 fully saturated rings. The van der Waals surface area contributed by atoms with Crippen molar-refractivity contribution < 1.29 is 14.2 Å². The van der Waals surface area contributed by atoms with Gasteiger partial charge in [0.1, 0.15) is 17.3 Å². The Morgan fingerprint density at radius 1 is 1.12 bits per heavy atom. The van der Waals surface area contributed by atoms with Crippen LogP contribution in [0.3, 0.4) is 0 Å². The van der Waals surface area contributed by atoms with E-state index in [-0.39, 0.29) is 5.75 Å². The Balaban J connectivity index is 2.58. The van der Waals surface area contributed by atoms with Crippen molar-refractivity contribution in [2.75, 3.05) is 7.11 Å². The second-order valence-corrected chi connectivity index (χ2v) is 3.40. The topological polar surface area (TPSA) is 29.5 Å². The number of phenolic OH excluding ortho intramolecular Hbond substituents is 1. The van der Waals surface area contributed by atoms with Crippen LogP contribution < -0.4 is 4.74 Å². The highest BCUT2D eigenvalue weighted by Gasteiger charge is 2.07. The van der Waals surface area contributed by atoms with Crippen LogP contribution in [0.1, 0.15) is 0 Å². The first-order valence-corrected chi connectivity index (χ1v) is 4.83. The minimum atomic E-state index is -0.471. The van der Waals surface area contributed by atoms with Gasteiger partial charge >= 0.3 is 0 Å². The predicted molar refractivity (Wildman–Crippen MR) is 60.1 cm³/mol. The maximum absolute atomic E-state index is 13.1. The monoisotopic (exact) mass is 218 g/mol. The third-order valence-electron chi connectivity index (χ3n) is 2.30. The molecule has 3 heteroatoms. The van der Waals surface area contributed by atoms with Gasteiger partial charge in [0, 0.05) is 11.6 Å². The molecule has 0 unspecified atom stereocenters. The summed E-state index contributed by atoms with van der Waals surface area (Å²) in [6, 6.07) is 11.2. The molecule has 0 saturated carbocycles. The summed E-state index contributed by atoms with van der Waals surface area (Å²) in [4.78, 5) is 0. The molecule has 82 valence electrons. The summed E-state index contributed by atoms with van der Waals surface area (Å²) in [6.07, 6.45) is 0. The van der Waals surface area contributed by atoms with Gasteiger partial charge < -0.3 is 9.84 Å². The highest BCUT2D eigenvalue weighted by atomic mass is 19.1. The molecular weight excluding hydrogens is 207 g/mol. The first kappa shape index (κ1) is 10.5. The molecule has 0 aliphatic carbocycles. The van der Waals surface area contributed by atoms with Gasteiger partial charge in [-0.05, 0) is 23.8 Å². The van der Waals surface area contributed by atoms with Crippen molar-refractivity contribution in [3.05, 3.63) is 48.3 Å². The Kier molecular flexibility index (Phi) is 2.77. The number of benzene rings is 2. The maximum Gasteiger partial charge on any atom is 0.127 e. The highest BCUT2D eigenvalue weighted by Crippen LogP contribution is 2.31. The molecule has 0 amide bonds. The van der Waals surface area contributed by atoms with Gasteiger partial charge in [-0.1, -0.05) is 18.2 Å². The SMILES string of the molecule is COc1ccccc1-c1cc(O)cc(F)c1. The van der Waals surface area contributed by atoms with Crippen LogP contribution in [0.5, 0.6) is 11.5 Å². The normalized spacial score (nSPS) is 10.1. The van der Waals surface area contributed by atoms with Gasteiger partial charge in [-0.2, -0.15) is 0 Å². The Morgan fingerprint density at radius 3 is 2.56 bits per heavy atom. The van der Waals surface area contributed by atoms with Crippen molar-refractivity contribution in [2.45, 2.75) is 0 Å². The lowest BCUT2D eigenvalue weighted by Crippen LogP contribution is -1.88. The van der Waals surface area contributed by atoms with Gasteiger partial charge in [-0.25, -0.2) is 4.39 Å². The van der Waals surface area contributed by atoms with Crippen molar-refractivity contribution in [3.63, 3.8) is 0 Å². The minimum absolute atomic E-state index is 0.0964. The van der Waals surface area contributed by atoms with Crippen molar-refractivity contribution in [2.24, 2.45) is 0 Å². The summed E-state index contributed by atoms with van der Waals surface area (Å²) in [7, 11) is 1.55. The quantitative estimate of drug-likeness (QED) is 0.838. The van der Waals surface area contributed by atoms with Crippen molar-refractivity contribution in [1.82, 2.24) is 0 Å². The molecule has 0 bridgehead atoms. The molecule has 0 saturated heterocycles. The Hall–Kier alpha value is -2.03. The number of ether oxygens (including phenoxy) is 1. The lowest BCUT2D eigenvalue weighted by atomic mass is 10.0. The fraction of sp³-hybridized carbons (Fsp3) is 0.0769. The lowest BCUT2D eigenvalue weighted by Gasteiger charge is -2.08. The Labute approximate surface area is 92.9 Å². The van der Waals surface area contributed by atoms with Crippen LogP contribution in [0, 0.1) is 5.82 Å². The zero-order valence-corrected chi connectivity index (χ0v) is 8.77. The van der Waals surface area contributed by atoms with E-state index in [4.69, 9.17) is 4.74 Å². The number of rotatable bonds is 2. The third kappa shape index (κ3) is 1.98. The second-order valence-electron chi connectivity index (χ2n) is 3.40. The number of hydrogen-bond donors (Lipinski definition) is 1. The van der Waals surface area contributed by atoms with E-state index in [0.29, 0.717) is 11.3 Å². The number of phenols is 1. The number of methoxy groups -OCH3 is 1. The molecule has 0 aliphatic heterocycles. The van der Waals surface area contributed by atoms with Gasteiger partial charge in [0.2, 0.25) is 0 Å². The van der Waals surface area contributed by atoms with Gasteiger partial charge in [0.15, 0.2) is 0 Å². The van der Waals surface area contributed by atoms with E-state index in [1.165, 1.54) is 12.1 Å². The van der Waals surface area contributed by atoms with Crippen LogP contribution in [0.2, 0.25) is 0 Å². The number of halogens is 1. The second kappa shape index (κ2) is 4.23. The van der Waals surface area contributed by atoms with Crippen LogP contribution in [0.25, 0.3) is 11.1 Å². The summed E-state index contributed by atoms with van der Waals surface area (Å²) in [5, 5.41) is 9.34. The van der Waals surface area contributed by atoms with E-state index < -0.39 is 5.82 Å². The average Bonchev–Trinajstić information content (AvgIpc) is 2.27. The number of hydrogen-bond acceptors (Lipinski definition) is 2. The summed E-state index contributed by atoms with van der Waals surface area (Å²) in [5.41, 5.74) is 1.34. The maximum atomic E-state index is 13.1. The molecule has 0 aromatic heterocycles. The smallest absolute Gasteiger partial charge is 0.127 e. The molecule has 0 aliphatic rings. The van der Waals surface area contributed by atoms with E-state index in [1.807, 2.05) is 18.2 Å². The molecule has 2 aromatic carbocycles. The molecule has 0 radical (unpaired) electrons. The van der Waals surface area contributed by atoms with E-state index >= 15 is 0 Å². The largest absolute Gasteiger partial charge is 0.508 e. The van der Waals surface area contributed by atoms with Crippen LogP contribution >= 0.6 is 0 Å². The Bertz CT molecular complexity index is 489. The molecule has 0 heterocycles. The third-order valence-corrected chi connectivity index (χ3v) is 2.30. The molecule has 2 rings (SSSR count). The average molecular weight is 218 g/mol. The predicted octanol–water partition coefficient (Wildman–Crippen LogP) is 3.21. The standard InChI is InChI=1S/C13H11FO2/c1-16-13-5-3-2-4-12(13)9-6-10(14)8-11(15)7-9/h2-8,15H,1H3. The van der Waals surface area contributed by atoms with Gasteiger partial charge in [0.05, 0.1) is 7.11 Å². The zero-order valence-electron chi connectivity index (χ0n) is 8.77. The molecule has 16 heavy (non-hydrogen) atoms. The first-order valence-electron chi connectivity index (χ1n) is 4.83. The number of para-hydroxylation sites is 1. The summed E-state index contributed by atoms with van der Waals surface area (Å²) < 4.78 is 18.3. The van der Waals surface area contributed by atoms with Gasteiger partial charge in [0.25, 0.3) is 0 Å². The van der Waals surface area contributed by atoms with E-state index in [1.54, 1.807) is 13.2 Å². The number of aromatic hydroxyl groups is 1. The van der Waals surface area contributed by atoms with Crippen LogP contribution in [-0.2, 0) is 0 Å². The van der Waals surface area contributed by atoms with Crippen molar-refractivity contribution in [3.8, 4) is 22.6 Å². The fourth-order valence-corrected chi connectivity index (χ4v) is 1.61. The first-order chi connectivity index (χ1) is 7.70. The van der Waals surface area contributed by atoms with E-state index in [9.17, 15) is 9.50 Å². The van der Waals surface area contributed by atoms with Crippen LogP contribution in [0.4, 0.5) is 4.39 Å². The molecule has 2 nitrogen and oxygen atoms in total. The van der Waals surface area contributed by atoms with Crippen molar-refractivity contribution >= 4 is 0 Å². The van der Waals surface area contributed by atoms with Crippen LogP contribution in [-0.4, -0.2) is 12.2 Å². The highest BCUT2D eigenvalue weighted by molar-refractivity contribution is 5.71.